The molecule has 3 unspecified atom stereocenters. The van der Waals surface area contributed by atoms with Gasteiger partial charge < -0.3 is 15.0 Å². The minimum absolute atomic E-state index is 0.119. The van der Waals surface area contributed by atoms with Gasteiger partial charge in [-0.3, -0.25) is 0 Å². The van der Waals surface area contributed by atoms with Crippen LogP contribution in [0.4, 0.5) is 5.69 Å². The molecule has 0 spiro atoms. The number of carbonyl (C=O) groups excluding carboxylic acids is 1. The Morgan fingerprint density at radius 1 is 1.43 bits per heavy atom. The number of halogens is 1. The molecule has 2 aliphatic rings. The number of benzene rings is 1. The summed E-state index contributed by atoms with van der Waals surface area (Å²) in [5, 5.41) is 4.17. The van der Waals surface area contributed by atoms with Crippen molar-refractivity contribution in [2.75, 3.05) is 31.6 Å². The summed E-state index contributed by atoms with van der Waals surface area (Å²) in [7, 11) is 0. The first-order valence-corrected chi connectivity index (χ1v) is 7.95. The van der Waals surface area contributed by atoms with E-state index in [0.29, 0.717) is 17.5 Å². The van der Waals surface area contributed by atoms with Crippen LogP contribution >= 0.6 is 11.6 Å². The zero-order valence-electron chi connectivity index (χ0n) is 12.3. The zero-order valence-corrected chi connectivity index (χ0v) is 13.0. The van der Waals surface area contributed by atoms with Crippen LogP contribution in [0.3, 0.4) is 0 Å². The SMILES string of the molecule is CCOC(=O)C1(Nc2ccc(Cl)cc2)CCN2CCC1C2. The average molecular weight is 309 g/mol. The Bertz CT molecular complexity index is 520. The number of nitrogens with zero attached hydrogens (tertiary/aromatic N) is 1. The molecular formula is C16H21ClN2O2. The highest BCUT2D eigenvalue weighted by Crippen LogP contribution is 2.39. The van der Waals surface area contributed by atoms with Gasteiger partial charge >= 0.3 is 5.97 Å². The Labute approximate surface area is 130 Å². The smallest absolute Gasteiger partial charge is 0.332 e. The number of esters is 1. The molecule has 114 valence electrons. The van der Waals surface area contributed by atoms with Gasteiger partial charge in [-0.2, -0.15) is 0 Å². The predicted molar refractivity (Wildman–Crippen MR) is 83.6 cm³/mol. The van der Waals surface area contributed by atoms with Crippen molar-refractivity contribution in [1.82, 2.24) is 4.90 Å². The van der Waals surface area contributed by atoms with E-state index in [1.807, 2.05) is 31.2 Å². The van der Waals surface area contributed by atoms with Crippen LogP contribution in [-0.4, -0.2) is 42.6 Å². The van der Waals surface area contributed by atoms with E-state index >= 15 is 0 Å². The first-order chi connectivity index (χ1) is 10.1. The normalized spacial score (nSPS) is 31.0. The third kappa shape index (κ3) is 2.74. The van der Waals surface area contributed by atoms with Crippen LogP contribution in [0.25, 0.3) is 0 Å². The van der Waals surface area contributed by atoms with Crippen molar-refractivity contribution in [2.24, 2.45) is 5.92 Å². The summed E-state index contributed by atoms with van der Waals surface area (Å²) in [6.45, 7) is 5.26. The maximum atomic E-state index is 12.6. The first-order valence-electron chi connectivity index (χ1n) is 7.57. The fourth-order valence-electron chi connectivity index (χ4n) is 3.51. The number of nitrogens with one attached hydrogen (secondary N) is 1. The zero-order chi connectivity index (χ0) is 14.9. The highest BCUT2D eigenvalue weighted by atomic mass is 35.5. The molecule has 2 fully saturated rings. The second-order valence-electron chi connectivity index (χ2n) is 5.86. The van der Waals surface area contributed by atoms with Crippen molar-refractivity contribution in [1.29, 1.82) is 0 Å². The van der Waals surface area contributed by atoms with Gasteiger partial charge in [0.1, 0.15) is 5.54 Å². The van der Waals surface area contributed by atoms with Crippen molar-refractivity contribution >= 4 is 23.3 Å². The van der Waals surface area contributed by atoms with Gasteiger partial charge in [0.15, 0.2) is 0 Å². The summed E-state index contributed by atoms with van der Waals surface area (Å²) >= 11 is 5.94. The van der Waals surface area contributed by atoms with Gasteiger partial charge in [0.2, 0.25) is 0 Å². The fourth-order valence-corrected chi connectivity index (χ4v) is 3.64. The molecule has 5 heteroatoms. The van der Waals surface area contributed by atoms with E-state index in [4.69, 9.17) is 16.3 Å². The second-order valence-corrected chi connectivity index (χ2v) is 6.30. The highest BCUT2D eigenvalue weighted by molar-refractivity contribution is 6.30. The first kappa shape index (κ1) is 14.7. The molecule has 0 radical (unpaired) electrons. The summed E-state index contributed by atoms with van der Waals surface area (Å²) in [4.78, 5) is 15.1. The lowest BCUT2D eigenvalue weighted by Crippen LogP contribution is -2.58. The van der Waals surface area contributed by atoms with Gasteiger partial charge in [-0.25, -0.2) is 4.79 Å². The van der Waals surface area contributed by atoms with E-state index in [2.05, 4.69) is 10.2 Å². The quantitative estimate of drug-likeness (QED) is 0.869. The molecule has 0 aromatic heterocycles. The number of hydrogen-bond acceptors (Lipinski definition) is 4. The van der Waals surface area contributed by atoms with Crippen molar-refractivity contribution < 1.29 is 9.53 Å². The van der Waals surface area contributed by atoms with Gasteiger partial charge in [-0.15, -0.1) is 0 Å². The number of rotatable bonds is 4. The third-order valence-corrected chi connectivity index (χ3v) is 4.89. The van der Waals surface area contributed by atoms with E-state index in [-0.39, 0.29) is 5.97 Å². The lowest BCUT2D eigenvalue weighted by atomic mass is 9.78. The summed E-state index contributed by atoms with van der Waals surface area (Å²) in [6, 6.07) is 7.52. The standard InChI is InChI=1S/C16H21ClN2O2/c1-2-21-15(20)16(8-10-19-9-7-12(16)11-19)18-14-5-3-13(17)4-6-14/h3-6,12,18H,2,7-11H2,1H3. The molecular weight excluding hydrogens is 288 g/mol. The van der Waals surface area contributed by atoms with Crippen molar-refractivity contribution in [2.45, 2.75) is 25.3 Å². The van der Waals surface area contributed by atoms with Crippen molar-refractivity contribution in [3.63, 3.8) is 0 Å². The van der Waals surface area contributed by atoms with Crippen LogP contribution in [0.5, 0.6) is 0 Å². The summed E-state index contributed by atoms with van der Waals surface area (Å²) in [6.07, 6.45) is 1.83. The molecule has 3 atom stereocenters. The van der Waals surface area contributed by atoms with E-state index in [1.165, 1.54) is 0 Å². The van der Waals surface area contributed by atoms with E-state index in [9.17, 15) is 4.79 Å². The summed E-state index contributed by atoms with van der Waals surface area (Å²) in [5.74, 6) is 0.187. The molecule has 3 rings (SSSR count). The van der Waals surface area contributed by atoms with Gasteiger partial charge in [-0.1, -0.05) is 11.6 Å². The molecule has 2 bridgehead atoms. The average Bonchev–Trinajstić information content (AvgIpc) is 2.89. The summed E-state index contributed by atoms with van der Waals surface area (Å²) < 4.78 is 5.39. The van der Waals surface area contributed by atoms with Gasteiger partial charge in [0, 0.05) is 29.7 Å². The topological polar surface area (TPSA) is 41.6 Å². The largest absolute Gasteiger partial charge is 0.464 e. The second kappa shape index (κ2) is 5.85. The molecule has 0 saturated carbocycles. The van der Waals surface area contributed by atoms with Gasteiger partial charge in [0.25, 0.3) is 0 Å². The molecule has 2 aliphatic heterocycles. The molecule has 0 amide bonds. The number of anilines is 1. The number of fused-ring (bicyclic) bond motifs is 2. The molecule has 2 heterocycles. The monoisotopic (exact) mass is 308 g/mol. The minimum atomic E-state index is -0.600. The van der Waals surface area contributed by atoms with Crippen molar-refractivity contribution in [3.8, 4) is 0 Å². The van der Waals surface area contributed by atoms with E-state index in [0.717, 1.165) is 38.2 Å². The molecule has 2 saturated heterocycles. The molecule has 21 heavy (non-hydrogen) atoms. The van der Waals surface area contributed by atoms with Crippen LogP contribution in [0, 0.1) is 5.92 Å². The molecule has 1 aromatic rings. The lowest BCUT2D eigenvalue weighted by molar-refractivity contribution is -0.151. The Balaban J connectivity index is 1.88. The van der Waals surface area contributed by atoms with Gasteiger partial charge in [0.05, 0.1) is 6.61 Å². The maximum Gasteiger partial charge on any atom is 0.332 e. The molecule has 1 aromatic carbocycles. The number of piperidine rings is 1. The van der Waals surface area contributed by atoms with E-state index in [1.54, 1.807) is 0 Å². The fraction of sp³-hybridized carbons (Fsp3) is 0.562. The number of carbonyl (C=O) groups is 1. The van der Waals surface area contributed by atoms with Crippen LogP contribution in [0.1, 0.15) is 19.8 Å². The van der Waals surface area contributed by atoms with Crippen LogP contribution in [-0.2, 0) is 9.53 Å². The van der Waals surface area contributed by atoms with Gasteiger partial charge in [-0.05, 0) is 50.6 Å². The molecule has 1 N–H and O–H groups in total. The van der Waals surface area contributed by atoms with Crippen LogP contribution < -0.4 is 5.32 Å². The highest BCUT2D eigenvalue weighted by Gasteiger charge is 2.52. The molecule has 4 nitrogen and oxygen atoms in total. The van der Waals surface area contributed by atoms with Crippen LogP contribution in [0.15, 0.2) is 24.3 Å². The predicted octanol–water partition coefficient (Wildman–Crippen LogP) is 2.78. The Morgan fingerprint density at radius 2 is 2.19 bits per heavy atom. The number of hydrogen-bond donors (Lipinski definition) is 1. The third-order valence-electron chi connectivity index (χ3n) is 4.64. The van der Waals surface area contributed by atoms with Crippen LogP contribution in [0.2, 0.25) is 5.02 Å². The Morgan fingerprint density at radius 3 is 2.90 bits per heavy atom. The molecule has 0 aliphatic carbocycles. The van der Waals surface area contributed by atoms with Crippen molar-refractivity contribution in [3.05, 3.63) is 29.3 Å². The maximum absolute atomic E-state index is 12.6. The van der Waals surface area contributed by atoms with E-state index < -0.39 is 5.54 Å². The minimum Gasteiger partial charge on any atom is -0.464 e. The lowest BCUT2D eigenvalue weighted by Gasteiger charge is -2.42. The Hall–Kier alpha value is -1.26. The summed E-state index contributed by atoms with van der Waals surface area (Å²) in [5.41, 5.74) is 0.324. The number of ether oxygens (including phenoxy) is 1. The Kier molecular flexibility index (Phi) is 4.09.